The van der Waals surface area contributed by atoms with Gasteiger partial charge >= 0.3 is 0 Å². The zero-order chi connectivity index (χ0) is 15.9. The molecule has 1 N–H and O–H groups in total. The van der Waals surface area contributed by atoms with Crippen molar-refractivity contribution < 1.29 is 4.74 Å². The highest BCUT2D eigenvalue weighted by atomic mass is 16.5. The first-order valence-corrected chi connectivity index (χ1v) is 8.13. The van der Waals surface area contributed by atoms with E-state index in [-0.39, 0.29) is 6.04 Å². The average molecular weight is 313 g/mol. The Morgan fingerprint density at radius 1 is 1.22 bits per heavy atom. The Morgan fingerprint density at radius 2 is 2.00 bits per heavy atom. The molecule has 1 atom stereocenters. The lowest BCUT2D eigenvalue weighted by Crippen LogP contribution is -2.41. The lowest BCUT2D eigenvalue weighted by molar-refractivity contribution is 0.0186. The Morgan fingerprint density at radius 3 is 2.65 bits per heavy atom. The van der Waals surface area contributed by atoms with E-state index in [0.29, 0.717) is 5.95 Å². The topological polar surface area (TPSA) is 63.2 Å². The van der Waals surface area contributed by atoms with E-state index in [0.717, 1.165) is 44.8 Å². The molecule has 1 aliphatic rings. The summed E-state index contributed by atoms with van der Waals surface area (Å²) in [4.78, 5) is 15.4. The molecule has 2 aromatic heterocycles. The van der Waals surface area contributed by atoms with Crippen LogP contribution in [0.5, 0.6) is 0 Å². The van der Waals surface area contributed by atoms with Crippen LogP contribution in [0.25, 0.3) is 0 Å². The van der Waals surface area contributed by atoms with E-state index in [1.807, 2.05) is 24.7 Å². The van der Waals surface area contributed by atoms with Crippen molar-refractivity contribution >= 4 is 5.95 Å². The minimum absolute atomic E-state index is 0.238. The molecule has 6 nitrogen and oxygen atoms in total. The normalized spacial score (nSPS) is 16.9. The van der Waals surface area contributed by atoms with Gasteiger partial charge in [0.15, 0.2) is 0 Å². The van der Waals surface area contributed by atoms with Gasteiger partial charge in [-0.3, -0.25) is 9.88 Å². The molecule has 0 aliphatic carbocycles. The van der Waals surface area contributed by atoms with Crippen molar-refractivity contribution in [3.63, 3.8) is 0 Å². The average Bonchev–Trinajstić information content (AvgIpc) is 2.64. The molecule has 3 rings (SSSR count). The number of anilines is 1. The van der Waals surface area contributed by atoms with Crippen LogP contribution in [0.1, 0.15) is 24.1 Å². The van der Waals surface area contributed by atoms with Crippen molar-refractivity contribution in [2.75, 3.05) is 38.2 Å². The lowest BCUT2D eigenvalue weighted by atomic mass is 10.1. The summed E-state index contributed by atoms with van der Waals surface area (Å²) in [6, 6.07) is 4.34. The number of nitrogens with zero attached hydrogens (tertiary/aromatic N) is 4. The van der Waals surface area contributed by atoms with Crippen molar-refractivity contribution in [3.8, 4) is 0 Å². The number of aromatic nitrogens is 3. The molecule has 1 saturated heterocycles. The lowest BCUT2D eigenvalue weighted by Gasteiger charge is -2.34. The molecule has 0 radical (unpaired) electrons. The number of morpholine rings is 1. The first kappa shape index (κ1) is 15.8. The fourth-order valence-corrected chi connectivity index (χ4v) is 2.74. The highest BCUT2D eigenvalue weighted by Crippen LogP contribution is 2.21. The van der Waals surface area contributed by atoms with Crippen molar-refractivity contribution in [3.05, 3.63) is 48.0 Å². The molecular weight excluding hydrogens is 290 g/mol. The van der Waals surface area contributed by atoms with E-state index in [2.05, 4.69) is 38.2 Å². The molecular formula is C17H23N5O. The Kier molecular flexibility index (Phi) is 5.50. The molecule has 6 heteroatoms. The highest BCUT2D eigenvalue weighted by molar-refractivity contribution is 5.27. The van der Waals surface area contributed by atoms with E-state index >= 15 is 0 Å². The van der Waals surface area contributed by atoms with E-state index in [1.54, 1.807) is 6.20 Å². The smallest absolute Gasteiger partial charge is 0.222 e. The fraction of sp³-hybridized carbons (Fsp3) is 0.471. The third-order valence-electron chi connectivity index (χ3n) is 4.12. The van der Waals surface area contributed by atoms with E-state index in [1.165, 1.54) is 5.56 Å². The maximum atomic E-state index is 5.47. The van der Waals surface area contributed by atoms with Crippen molar-refractivity contribution in [1.29, 1.82) is 0 Å². The maximum absolute atomic E-state index is 5.47. The number of aryl methyl sites for hydroxylation is 1. The zero-order valence-electron chi connectivity index (χ0n) is 13.5. The van der Waals surface area contributed by atoms with Gasteiger partial charge in [-0.2, -0.15) is 0 Å². The summed E-state index contributed by atoms with van der Waals surface area (Å²) >= 11 is 0. The van der Waals surface area contributed by atoms with Gasteiger partial charge in [-0.15, -0.1) is 0 Å². The molecule has 0 aromatic carbocycles. The molecule has 1 fully saturated rings. The van der Waals surface area contributed by atoms with Crippen LogP contribution in [0.3, 0.4) is 0 Å². The number of pyridine rings is 1. The maximum Gasteiger partial charge on any atom is 0.222 e. The van der Waals surface area contributed by atoms with Gasteiger partial charge in [0.05, 0.1) is 19.3 Å². The SMILES string of the molecule is CCc1cnc(NC[C@H](c2cccnc2)N2CCOCC2)nc1. The summed E-state index contributed by atoms with van der Waals surface area (Å²) in [6.45, 7) is 6.25. The summed E-state index contributed by atoms with van der Waals surface area (Å²) in [6.07, 6.45) is 8.45. The van der Waals surface area contributed by atoms with Crippen molar-refractivity contribution in [2.45, 2.75) is 19.4 Å². The number of hydrogen-bond donors (Lipinski definition) is 1. The summed E-state index contributed by atoms with van der Waals surface area (Å²) in [5, 5.41) is 3.36. The van der Waals surface area contributed by atoms with Gasteiger partial charge in [-0.25, -0.2) is 9.97 Å². The summed E-state index contributed by atoms with van der Waals surface area (Å²) in [7, 11) is 0. The van der Waals surface area contributed by atoms with Crippen LogP contribution in [-0.4, -0.2) is 52.7 Å². The third-order valence-corrected chi connectivity index (χ3v) is 4.12. The standard InChI is InChI=1S/C17H23N5O/c1-2-14-10-19-17(20-11-14)21-13-16(15-4-3-5-18-12-15)22-6-8-23-9-7-22/h3-5,10-12,16H,2,6-9,13H2,1H3,(H,19,20,21)/t16-/m1/s1. The second-order valence-corrected chi connectivity index (χ2v) is 5.60. The highest BCUT2D eigenvalue weighted by Gasteiger charge is 2.22. The number of nitrogens with one attached hydrogen (secondary N) is 1. The van der Waals surface area contributed by atoms with E-state index in [4.69, 9.17) is 4.74 Å². The number of rotatable bonds is 6. The van der Waals surface area contributed by atoms with Crippen LogP contribution in [0.15, 0.2) is 36.9 Å². The van der Waals surface area contributed by atoms with E-state index < -0.39 is 0 Å². The molecule has 0 bridgehead atoms. The van der Waals surface area contributed by atoms with E-state index in [9.17, 15) is 0 Å². The Balaban J connectivity index is 1.70. The molecule has 2 aromatic rings. The molecule has 0 spiro atoms. The van der Waals surface area contributed by atoms with Gasteiger partial charge in [0.2, 0.25) is 5.95 Å². The van der Waals surface area contributed by atoms with Gasteiger partial charge in [0.1, 0.15) is 0 Å². The molecule has 0 unspecified atom stereocenters. The van der Waals surface area contributed by atoms with Gasteiger partial charge in [0.25, 0.3) is 0 Å². The fourth-order valence-electron chi connectivity index (χ4n) is 2.74. The Hall–Kier alpha value is -2.05. The monoisotopic (exact) mass is 313 g/mol. The molecule has 1 aliphatic heterocycles. The molecule has 122 valence electrons. The van der Waals surface area contributed by atoms with Gasteiger partial charge < -0.3 is 10.1 Å². The number of hydrogen-bond acceptors (Lipinski definition) is 6. The largest absolute Gasteiger partial charge is 0.379 e. The second kappa shape index (κ2) is 7.99. The minimum atomic E-state index is 0.238. The van der Waals surface area contributed by atoms with Crippen LogP contribution in [0, 0.1) is 0 Å². The van der Waals surface area contributed by atoms with Crippen LogP contribution < -0.4 is 5.32 Å². The molecule has 0 saturated carbocycles. The minimum Gasteiger partial charge on any atom is -0.379 e. The molecule has 3 heterocycles. The first-order chi connectivity index (χ1) is 11.4. The predicted molar refractivity (Wildman–Crippen MR) is 89.3 cm³/mol. The van der Waals surface area contributed by atoms with Crippen LogP contribution in [-0.2, 0) is 11.2 Å². The van der Waals surface area contributed by atoms with Crippen molar-refractivity contribution in [1.82, 2.24) is 19.9 Å². The van der Waals surface area contributed by atoms with Crippen LogP contribution >= 0.6 is 0 Å². The molecule has 0 amide bonds. The van der Waals surface area contributed by atoms with Crippen molar-refractivity contribution in [2.24, 2.45) is 0 Å². The second-order valence-electron chi connectivity index (χ2n) is 5.60. The Bertz CT molecular complexity index is 584. The summed E-state index contributed by atoms with van der Waals surface area (Å²) in [5.74, 6) is 0.671. The summed E-state index contributed by atoms with van der Waals surface area (Å²) < 4.78 is 5.47. The summed E-state index contributed by atoms with van der Waals surface area (Å²) in [5.41, 5.74) is 2.35. The predicted octanol–water partition coefficient (Wildman–Crippen LogP) is 1.92. The quantitative estimate of drug-likeness (QED) is 0.879. The molecule has 23 heavy (non-hydrogen) atoms. The van der Waals surface area contributed by atoms with Gasteiger partial charge in [0, 0.05) is 44.4 Å². The third kappa shape index (κ3) is 4.24. The van der Waals surface area contributed by atoms with Gasteiger partial charge in [-0.1, -0.05) is 13.0 Å². The van der Waals surface area contributed by atoms with Crippen LogP contribution in [0.4, 0.5) is 5.95 Å². The number of ether oxygens (including phenoxy) is 1. The van der Waals surface area contributed by atoms with Crippen LogP contribution in [0.2, 0.25) is 0 Å². The first-order valence-electron chi connectivity index (χ1n) is 8.13. The van der Waals surface area contributed by atoms with Gasteiger partial charge in [-0.05, 0) is 23.6 Å². The Labute approximate surface area is 136 Å². The zero-order valence-corrected chi connectivity index (χ0v) is 13.5.